The lowest BCUT2D eigenvalue weighted by Crippen LogP contribution is -2.49. The number of fused-ring (bicyclic) bond motifs is 1. The highest BCUT2D eigenvalue weighted by atomic mass is 32.2. The number of esters is 1. The monoisotopic (exact) mass is 544 g/mol. The Bertz CT molecular complexity index is 1310. The zero-order chi connectivity index (χ0) is 27.4. The topological polar surface area (TPSA) is 65.5 Å². The van der Waals surface area contributed by atoms with Crippen molar-refractivity contribution in [1.29, 1.82) is 0 Å². The van der Waals surface area contributed by atoms with E-state index in [2.05, 4.69) is 40.1 Å². The van der Waals surface area contributed by atoms with Crippen LogP contribution in [0.1, 0.15) is 42.5 Å². The number of aliphatic imine (C=N–C) groups is 1. The maximum Gasteiger partial charge on any atom is 0.338 e. The lowest BCUT2D eigenvalue weighted by Gasteiger charge is -2.38. The van der Waals surface area contributed by atoms with Crippen LogP contribution in [-0.4, -0.2) is 71.6 Å². The van der Waals surface area contributed by atoms with Gasteiger partial charge in [-0.25, -0.2) is 9.79 Å². The highest BCUT2D eigenvalue weighted by molar-refractivity contribution is 8.16. The van der Waals surface area contributed by atoms with E-state index >= 15 is 0 Å². The molecule has 0 bridgehead atoms. The molecule has 0 N–H and O–H groups in total. The van der Waals surface area contributed by atoms with Gasteiger partial charge in [-0.1, -0.05) is 78.8 Å². The fraction of sp³-hybridized carbons (Fsp3) is 0.387. The van der Waals surface area contributed by atoms with Crippen LogP contribution in [0.3, 0.4) is 0 Å². The maximum atomic E-state index is 13.5. The third-order valence-electron chi connectivity index (χ3n) is 7.60. The summed E-state index contributed by atoms with van der Waals surface area (Å²) in [5, 5.41) is 2.82. The van der Waals surface area contributed by atoms with Crippen molar-refractivity contribution >= 4 is 28.8 Å². The van der Waals surface area contributed by atoms with Gasteiger partial charge in [-0.3, -0.25) is 9.69 Å². The number of rotatable bonds is 8. The van der Waals surface area contributed by atoms with Crippen LogP contribution in [0.4, 0.5) is 0 Å². The maximum absolute atomic E-state index is 13.5. The van der Waals surface area contributed by atoms with Gasteiger partial charge in [0.15, 0.2) is 5.17 Å². The number of thioether (sulfide) groups is 1. The number of amidine groups is 1. The molecule has 1 saturated heterocycles. The lowest BCUT2D eigenvalue weighted by molar-refractivity contribution is -0.136. The minimum Gasteiger partial charge on any atom is -0.466 e. The van der Waals surface area contributed by atoms with E-state index in [1.165, 1.54) is 24.4 Å². The predicted octanol–water partition coefficient (Wildman–Crippen LogP) is 4.91. The van der Waals surface area contributed by atoms with Crippen LogP contribution in [-0.2, 0) is 20.7 Å². The van der Waals surface area contributed by atoms with Gasteiger partial charge < -0.3 is 14.5 Å². The number of piperazine rings is 1. The Labute approximate surface area is 235 Å². The standard InChI is InChI=1S/C31H36N4O3S/c1-4-26-28(30(37)38-3)29(24-12-8-9-22(2)19-24)35-25(21-39-31(35)32-26)20-27(36)34-17-15-33(16-18-34)14-13-23-10-6-5-7-11-23/h5-12,19,21,29H,4,13-18,20H2,1-3H3/t29-/m1/s1. The summed E-state index contributed by atoms with van der Waals surface area (Å²) in [6, 6.07) is 18.3. The molecule has 3 heterocycles. The van der Waals surface area contributed by atoms with E-state index in [1.807, 2.05) is 48.4 Å². The number of carbonyl (C=O) groups excluding carboxylic acids is 2. The van der Waals surface area contributed by atoms with Crippen molar-refractivity contribution in [3.05, 3.63) is 93.7 Å². The molecule has 39 heavy (non-hydrogen) atoms. The first kappa shape index (κ1) is 27.2. The highest BCUT2D eigenvalue weighted by Crippen LogP contribution is 2.45. The summed E-state index contributed by atoms with van der Waals surface area (Å²) < 4.78 is 5.22. The second-order valence-corrected chi connectivity index (χ2v) is 11.0. The Balaban J connectivity index is 1.29. The van der Waals surface area contributed by atoms with E-state index in [4.69, 9.17) is 9.73 Å². The second kappa shape index (κ2) is 12.2. The van der Waals surface area contributed by atoms with E-state index in [-0.39, 0.29) is 24.3 Å². The van der Waals surface area contributed by atoms with Crippen molar-refractivity contribution in [2.24, 2.45) is 4.99 Å². The quantitative estimate of drug-likeness (QED) is 0.440. The van der Waals surface area contributed by atoms with Gasteiger partial charge in [0.25, 0.3) is 0 Å². The minimum absolute atomic E-state index is 0.110. The number of methoxy groups -OCH3 is 1. The molecule has 1 amide bonds. The highest BCUT2D eigenvalue weighted by Gasteiger charge is 2.41. The summed E-state index contributed by atoms with van der Waals surface area (Å²) in [7, 11) is 1.41. The van der Waals surface area contributed by atoms with Crippen LogP contribution in [0.25, 0.3) is 0 Å². The van der Waals surface area contributed by atoms with E-state index in [9.17, 15) is 9.59 Å². The SMILES string of the molecule is CCC1=C(C(=O)OC)[C@@H](c2cccc(C)c2)N2C(CC(=O)N3CCN(CCc4ccccc4)CC3)=CSC2=N1. The third kappa shape index (κ3) is 5.97. The van der Waals surface area contributed by atoms with Crippen LogP contribution in [0.15, 0.2) is 82.0 Å². The molecule has 7 nitrogen and oxygen atoms in total. The molecule has 1 atom stereocenters. The van der Waals surface area contributed by atoms with Crippen molar-refractivity contribution in [2.75, 3.05) is 39.8 Å². The molecule has 0 saturated carbocycles. The van der Waals surface area contributed by atoms with Gasteiger partial charge in [-0.2, -0.15) is 0 Å². The zero-order valence-electron chi connectivity index (χ0n) is 22.9. The molecule has 8 heteroatoms. The largest absolute Gasteiger partial charge is 0.466 e. The molecule has 3 aliphatic rings. The molecular formula is C31H36N4O3S. The van der Waals surface area contributed by atoms with E-state index < -0.39 is 0 Å². The normalized spacial score (nSPS) is 19.5. The van der Waals surface area contributed by atoms with Crippen LogP contribution >= 0.6 is 11.8 Å². The van der Waals surface area contributed by atoms with Gasteiger partial charge in [0.05, 0.1) is 30.8 Å². The van der Waals surface area contributed by atoms with Crippen molar-refractivity contribution in [3.63, 3.8) is 0 Å². The molecule has 2 aromatic rings. The van der Waals surface area contributed by atoms with Gasteiger partial charge >= 0.3 is 5.97 Å². The third-order valence-corrected chi connectivity index (χ3v) is 8.49. The fourth-order valence-electron chi connectivity index (χ4n) is 5.49. The van der Waals surface area contributed by atoms with Crippen molar-refractivity contribution in [1.82, 2.24) is 14.7 Å². The second-order valence-electron chi connectivity index (χ2n) is 10.1. The zero-order valence-corrected chi connectivity index (χ0v) is 23.7. The number of nitrogens with zero attached hydrogens (tertiary/aromatic N) is 4. The van der Waals surface area contributed by atoms with E-state index in [0.717, 1.165) is 66.8 Å². The molecule has 5 rings (SSSR count). The van der Waals surface area contributed by atoms with Crippen molar-refractivity contribution in [3.8, 4) is 0 Å². The number of carbonyl (C=O) groups is 2. The number of aryl methyl sites for hydroxylation is 1. The lowest BCUT2D eigenvalue weighted by atomic mass is 9.92. The van der Waals surface area contributed by atoms with Crippen LogP contribution < -0.4 is 0 Å². The molecule has 0 aromatic heterocycles. The van der Waals surface area contributed by atoms with Crippen LogP contribution in [0, 0.1) is 6.92 Å². The molecule has 0 spiro atoms. The van der Waals surface area contributed by atoms with Gasteiger partial charge in [-0.05, 0) is 36.3 Å². The number of hydrogen-bond donors (Lipinski definition) is 0. The van der Waals surface area contributed by atoms with Crippen molar-refractivity contribution < 1.29 is 14.3 Å². The van der Waals surface area contributed by atoms with Gasteiger partial charge in [0.1, 0.15) is 0 Å². The van der Waals surface area contributed by atoms with Crippen LogP contribution in [0.5, 0.6) is 0 Å². The smallest absolute Gasteiger partial charge is 0.338 e. The summed E-state index contributed by atoms with van der Waals surface area (Å²) in [5.41, 5.74) is 5.59. The number of ether oxygens (including phenoxy) is 1. The first-order valence-corrected chi connectivity index (χ1v) is 14.5. The molecule has 3 aliphatic heterocycles. The summed E-state index contributed by atoms with van der Waals surface area (Å²) in [6.45, 7) is 8.26. The van der Waals surface area contributed by atoms with Crippen molar-refractivity contribution in [2.45, 2.75) is 39.2 Å². The first-order chi connectivity index (χ1) is 19.0. The molecule has 204 valence electrons. The molecule has 0 unspecified atom stereocenters. The average Bonchev–Trinajstić information content (AvgIpc) is 3.37. The Kier molecular flexibility index (Phi) is 8.53. The molecule has 2 aromatic carbocycles. The summed E-state index contributed by atoms with van der Waals surface area (Å²) in [5.74, 6) is -0.269. The summed E-state index contributed by atoms with van der Waals surface area (Å²) in [4.78, 5) is 37.9. The van der Waals surface area contributed by atoms with Gasteiger partial charge in [0.2, 0.25) is 5.91 Å². The van der Waals surface area contributed by atoms with E-state index in [0.29, 0.717) is 12.0 Å². The number of benzene rings is 2. The molecule has 1 fully saturated rings. The Morgan fingerprint density at radius 2 is 1.82 bits per heavy atom. The summed E-state index contributed by atoms with van der Waals surface area (Å²) >= 11 is 1.52. The average molecular weight is 545 g/mol. The molecule has 0 radical (unpaired) electrons. The fourth-order valence-corrected chi connectivity index (χ4v) is 6.42. The van der Waals surface area contributed by atoms with Crippen LogP contribution in [0.2, 0.25) is 0 Å². The van der Waals surface area contributed by atoms with E-state index in [1.54, 1.807) is 0 Å². The molecule has 0 aliphatic carbocycles. The molecular weight excluding hydrogens is 508 g/mol. The predicted molar refractivity (Wildman–Crippen MR) is 156 cm³/mol. The summed E-state index contributed by atoms with van der Waals surface area (Å²) in [6.07, 6.45) is 1.91. The number of hydrogen-bond acceptors (Lipinski definition) is 7. The van der Waals surface area contributed by atoms with Gasteiger partial charge in [0, 0.05) is 38.4 Å². The Morgan fingerprint density at radius 1 is 1.05 bits per heavy atom. The number of allylic oxidation sites excluding steroid dienone is 1. The van der Waals surface area contributed by atoms with Gasteiger partial charge in [-0.15, -0.1) is 0 Å². The first-order valence-electron chi connectivity index (χ1n) is 13.6. The number of amides is 1. The Hall–Kier alpha value is -3.36. The Morgan fingerprint density at radius 3 is 2.51 bits per heavy atom. The minimum atomic E-state index is -0.385.